The summed E-state index contributed by atoms with van der Waals surface area (Å²) in [6.45, 7) is 4.88. The van der Waals surface area contributed by atoms with Gasteiger partial charge in [-0.25, -0.2) is 0 Å². The smallest absolute Gasteiger partial charge is 0.247 e. The van der Waals surface area contributed by atoms with E-state index in [9.17, 15) is 62.6 Å². The maximum atomic E-state index is 14.4. The van der Waals surface area contributed by atoms with Gasteiger partial charge < -0.3 is 68.9 Å². The van der Waals surface area contributed by atoms with Crippen LogP contribution in [-0.2, 0) is 70.4 Å². The van der Waals surface area contributed by atoms with Crippen LogP contribution in [0.1, 0.15) is 62.8 Å². The van der Waals surface area contributed by atoms with E-state index < -0.39 is 165 Å². The summed E-state index contributed by atoms with van der Waals surface area (Å²) in [6.07, 6.45) is -1.49. The molecule has 1 aromatic carbocycles. The molecular weight excluding hydrogens is 961 g/mol. The molecule has 0 radical (unpaired) electrons. The van der Waals surface area contributed by atoms with Crippen molar-refractivity contribution in [1.29, 1.82) is 0 Å². The van der Waals surface area contributed by atoms with Crippen LogP contribution in [0, 0.1) is 5.92 Å². The quantitative estimate of drug-likeness (QED) is 0.0650. The number of rotatable bonds is 19. The highest BCUT2D eigenvalue weighted by Gasteiger charge is 2.38. The summed E-state index contributed by atoms with van der Waals surface area (Å²) < 4.78 is 0. The molecule has 0 spiro atoms. The van der Waals surface area contributed by atoms with Crippen LogP contribution in [0.15, 0.2) is 54.6 Å². The van der Waals surface area contributed by atoms with Crippen molar-refractivity contribution >= 4 is 82.2 Å². The van der Waals surface area contributed by atoms with E-state index in [0.29, 0.717) is 16.9 Å². The molecule has 25 nitrogen and oxygen atoms in total. The van der Waals surface area contributed by atoms with Crippen LogP contribution < -0.4 is 54.0 Å². The fraction of sp³-hybridized carbons (Fsp3) is 0.478. The molecule has 7 atom stereocenters. The number of phenols is 1. The molecule has 1 aliphatic rings. The van der Waals surface area contributed by atoms with Gasteiger partial charge in [0.1, 0.15) is 42.0 Å². The van der Waals surface area contributed by atoms with Gasteiger partial charge in [-0.2, -0.15) is 0 Å². The Hall–Kier alpha value is -7.90. The average Bonchev–Trinajstić information content (AvgIpc) is 3.84. The van der Waals surface area contributed by atoms with Crippen molar-refractivity contribution in [2.75, 3.05) is 33.7 Å². The maximum Gasteiger partial charge on any atom is 0.247 e. The molecule has 13 N–H and O–H groups in total. The van der Waals surface area contributed by atoms with E-state index in [1.165, 1.54) is 49.7 Å². The molecule has 1 saturated heterocycles. The van der Waals surface area contributed by atoms with Crippen molar-refractivity contribution < 1.29 is 62.6 Å². The van der Waals surface area contributed by atoms with Gasteiger partial charge in [-0.1, -0.05) is 45.0 Å². The summed E-state index contributed by atoms with van der Waals surface area (Å²) in [6, 6.07) is 0.137. The van der Waals surface area contributed by atoms with Crippen LogP contribution in [0.5, 0.6) is 5.75 Å². The van der Waals surface area contributed by atoms with Gasteiger partial charge in [0.2, 0.25) is 70.9 Å². The maximum absolute atomic E-state index is 14.4. The number of hydrogen-bond acceptors (Lipinski definition) is 14. The number of nitrogens with one attached hydrogen (secondary N) is 8. The predicted octanol–water partition coefficient (Wildman–Crippen LogP) is -3.58. The monoisotopic (exact) mass is 1020 g/mol. The third kappa shape index (κ3) is 19.1. The van der Waals surface area contributed by atoms with Crippen molar-refractivity contribution in [3.63, 3.8) is 0 Å². The summed E-state index contributed by atoms with van der Waals surface area (Å²) in [7, 11) is 2.49. The third-order valence-corrected chi connectivity index (χ3v) is 12.3. The number of hydrogen-bond donors (Lipinski definition) is 11. The molecule has 12 amide bonds. The number of benzene rings is 1. The minimum absolute atomic E-state index is 0.00111. The van der Waals surface area contributed by atoms with Crippen LogP contribution in [0.3, 0.4) is 0 Å². The first-order chi connectivity index (χ1) is 34.0. The molecule has 0 saturated carbocycles. The Morgan fingerprint density at radius 3 is 2.15 bits per heavy atom. The van der Waals surface area contributed by atoms with Crippen LogP contribution in [0.2, 0.25) is 0 Å². The number of amides is 12. The lowest BCUT2D eigenvalue weighted by atomic mass is 9.95. The lowest BCUT2D eigenvalue weighted by Gasteiger charge is -2.35. The first-order valence-electron chi connectivity index (χ1n) is 22.9. The summed E-state index contributed by atoms with van der Waals surface area (Å²) in [5.74, 6) is -11.3. The number of thiophene rings is 1. The van der Waals surface area contributed by atoms with E-state index >= 15 is 0 Å². The van der Waals surface area contributed by atoms with Crippen LogP contribution in [-0.4, -0.2) is 156 Å². The Morgan fingerprint density at radius 1 is 0.889 bits per heavy atom. The molecule has 2 aromatic rings. The van der Waals surface area contributed by atoms with Gasteiger partial charge in [-0.15, -0.1) is 11.3 Å². The largest absolute Gasteiger partial charge is 0.508 e. The lowest BCUT2D eigenvalue weighted by molar-refractivity contribution is -0.144. The Kier molecular flexibility index (Phi) is 23.3. The first kappa shape index (κ1) is 58.4. The van der Waals surface area contributed by atoms with Crippen molar-refractivity contribution in [2.45, 2.75) is 101 Å². The number of carbonyl (C=O) groups is 12. The molecule has 72 heavy (non-hydrogen) atoms. The van der Waals surface area contributed by atoms with Gasteiger partial charge in [-0.3, -0.25) is 57.5 Å². The van der Waals surface area contributed by atoms with Crippen molar-refractivity contribution in [1.82, 2.24) is 52.3 Å². The second kappa shape index (κ2) is 28.7. The molecule has 1 aromatic heterocycles. The third-order valence-electron chi connectivity index (χ3n) is 11.4. The number of primary amides is 2. The number of carbonyl (C=O) groups excluding carboxylic acids is 12. The highest BCUT2D eigenvalue weighted by atomic mass is 32.1. The number of aromatic hydroxyl groups is 1. The van der Waals surface area contributed by atoms with Gasteiger partial charge in [-0.05, 0) is 47.7 Å². The number of nitrogens with two attached hydrogens (primary N) is 2. The van der Waals surface area contributed by atoms with E-state index in [2.05, 4.69) is 49.1 Å². The zero-order chi connectivity index (χ0) is 53.7. The summed E-state index contributed by atoms with van der Waals surface area (Å²) in [5.41, 5.74) is 11.1. The standard InChI is InChI=1S/C46H64N12O13S/c1-6-25(3)40-44(69)54-29(14-15-34(47)60)42(67)55-31(21-38(64)49-7-2)43(68)56-33(45(70)57(4)24-39(65)52-30(20-28-9-8-18-72-28)41(66)51-23-35(48)61)22-50-36(62)16-17-37(63)53-32(46(71)58(40)5)19-26-10-12-27(59)13-11-26/h7-13,18,25,29-33,40,59H,2,6,14-17,19-24H2,1,3-5H3,(H2,47,60)(H2,48,61)(H,49,64)(H,50,62)(H,51,66)(H,52,65)(H,53,63)(H,54,69)(H,55,67)(H,56,68)/t25?,29-,30-,31-,32-,33-,40?/m0/s1. The summed E-state index contributed by atoms with van der Waals surface area (Å²) >= 11 is 1.29. The van der Waals surface area contributed by atoms with Crippen molar-refractivity contribution in [3.8, 4) is 5.75 Å². The number of likely N-dealkylation sites (N-methyl/N-ethyl adjacent to an activating group) is 2. The molecule has 0 bridgehead atoms. The molecule has 1 fully saturated rings. The molecule has 2 unspecified atom stereocenters. The highest BCUT2D eigenvalue weighted by molar-refractivity contribution is 7.09. The van der Waals surface area contributed by atoms with Gasteiger partial charge in [0.15, 0.2) is 0 Å². The zero-order valence-electron chi connectivity index (χ0n) is 40.4. The zero-order valence-corrected chi connectivity index (χ0v) is 41.3. The normalized spacial score (nSPS) is 20.4. The molecule has 26 heteroatoms. The van der Waals surface area contributed by atoms with Crippen molar-refractivity contribution in [2.24, 2.45) is 17.4 Å². The molecule has 0 aliphatic carbocycles. The van der Waals surface area contributed by atoms with Gasteiger partial charge in [0.05, 0.1) is 19.5 Å². The van der Waals surface area contributed by atoms with E-state index in [1.807, 2.05) is 0 Å². The van der Waals surface area contributed by atoms with Gasteiger partial charge in [0, 0.05) is 57.6 Å². The molecule has 2 heterocycles. The van der Waals surface area contributed by atoms with Crippen LogP contribution >= 0.6 is 11.3 Å². The van der Waals surface area contributed by atoms with E-state index in [1.54, 1.807) is 31.4 Å². The topological polar surface area (TPSA) is 380 Å². The molecule has 392 valence electrons. The average molecular weight is 1030 g/mol. The number of phenolic OH excluding ortho intramolecular Hbond substituents is 1. The SMILES string of the molecule is C=CNC(=O)C[C@@H]1NC(=O)[C@H](CCC(N)=O)NC(=O)C(C(C)CC)N(C)C(=O)[C@H](Cc2ccc(O)cc2)NC(=O)CCC(=O)NC[C@@H](C(=O)N(C)CC(=O)N[C@@H](Cc2cccs2)C(=O)NCC(N)=O)NC1=O. The van der Waals surface area contributed by atoms with E-state index in [0.717, 1.165) is 16.0 Å². The fourth-order valence-electron chi connectivity index (χ4n) is 7.35. The predicted molar refractivity (Wildman–Crippen MR) is 259 cm³/mol. The van der Waals surface area contributed by atoms with Gasteiger partial charge in [0.25, 0.3) is 0 Å². The lowest BCUT2D eigenvalue weighted by Crippen LogP contribution is -2.61. The Balaban J connectivity index is 2.07. The Bertz CT molecular complexity index is 2310. The van der Waals surface area contributed by atoms with Crippen molar-refractivity contribution in [3.05, 3.63) is 65.0 Å². The second-order valence-electron chi connectivity index (χ2n) is 17.0. The van der Waals surface area contributed by atoms with Crippen LogP contribution in [0.4, 0.5) is 0 Å². The second-order valence-corrected chi connectivity index (χ2v) is 18.1. The molecule has 1 aliphatic heterocycles. The van der Waals surface area contributed by atoms with Crippen LogP contribution in [0.25, 0.3) is 0 Å². The number of nitrogens with zero attached hydrogens (tertiary/aromatic N) is 2. The minimum Gasteiger partial charge on any atom is -0.508 e. The minimum atomic E-state index is -1.83. The summed E-state index contributed by atoms with van der Waals surface area (Å²) in [4.78, 5) is 163. The highest BCUT2D eigenvalue weighted by Crippen LogP contribution is 2.19. The molecular formula is C46H64N12O13S. The molecule has 3 rings (SSSR count). The summed E-state index contributed by atoms with van der Waals surface area (Å²) in [5, 5.41) is 31.2. The fourth-order valence-corrected chi connectivity index (χ4v) is 8.10. The van der Waals surface area contributed by atoms with E-state index in [4.69, 9.17) is 11.5 Å². The Labute approximate surface area is 419 Å². The first-order valence-corrected chi connectivity index (χ1v) is 23.7. The van der Waals surface area contributed by atoms with E-state index in [-0.39, 0.29) is 18.6 Å². The Morgan fingerprint density at radius 2 is 1.54 bits per heavy atom. The van der Waals surface area contributed by atoms with Gasteiger partial charge >= 0.3 is 0 Å².